The summed E-state index contributed by atoms with van der Waals surface area (Å²) in [4.78, 5) is 4.67. The smallest absolute Gasteiger partial charge is 0.0900 e. The van der Waals surface area contributed by atoms with E-state index in [2.05, 4.69) is 23.8 Å². The zero-order valence-corrected chi connectivity index (χ0v) is 11.8. The molecule has 4 nitrogen and oxygen atoms in total. The molecule has 1 saturated carbocycles. The van der Waals surface area contributed by atoms with Gasteiger partial charge in [0.05, 0.1) is 18.8 Å². The quantitative estimate of drug-likeness (QED) is 0.789. The molecule has 1 saturated heterocycles. The van der Waals surface area contributed by atoms with Gasteiger partial charge in [-0.1, -0.05) is 13.3 Å². The number of aliphatic hydroxyl groups is 1. The second-order valence-corrected chi connectivity index (χ2v) is 6.04. The van der Waals surface area contributed by atoms with E-state index in [1.165, 1.54) is 19.3 Å². The first-order valence-electron chi connectivity index (χ1n) is 7.35. The lowest BCUT2D eigenvalue weighted by Crippen LogP contribution is -2.47. The topological polar surface area (TPSA) is 35.9 Å². The van der Waals surface area contributed by atoms with E-state index in [-0.39, 0.29) is 6.10 Å². The van der Waals surface area contributed by atoms with Crippen LogP contribution in [0.3, 0.4) is 0 Å². The van der Waals surface area contributed by atoms with E-state index in [4.69, 9.17) is 4.74 Å². The van der Waals surface area contributed by atoms with Crippen molar-refractivity contribution < 1.29 is 9.84 Å². The molecule has 0 spiro atoms. The Labute approximate surface area is 111 Å². The van der Waals surface area contributed by atoms with Crippen molar-refractivity contribution in [3.8, 4) is 0 Å². The minimum absolute atomic E-state index is 0.332. The summed E-state index contributed by atoms with van der Waals surface area (Å²) in [5.74, 6) is 0.667. The van der Waals surface area contributed by atoms with E-state index in [0.29, 0.717) is 18.6 Å². The van der Waals surface area contributed by atoms with E-state index in [0.717, 1.165) is 32.7 Å². The molecule has 1 aliphatic heterocycles. The Morgan fingerprint density at radius 2 is 1.94 bits per heavy atom. The van der Waals surface area contributed by atoms with E-state index in [1.54, 1.807) is 0 Å². The number of β-amino-alcohol motifs (C(OH)–C–C–N with tert-alkyl or cyclic N) is 1. The molecule has 2 rings (SSSR count). The zero-order valence-electron chi connectivity index (χ0n) is 11.8. The Balaban J connectivity index is 1.61. The van der Waals surface area contributed by atoms with Crippen LogP contribution in [0.1, 0.15) is 26.2 Å². The third-order valence-corrected chi connectivity index (χ3v) is 4.35. The van der Waals surface area contributed by atoms with Gasteiger partial charge in [0.2, 0.25) is 0 Å². The molecule has 2 aliphatic rings. The first kappa shape index (κ1) is 14.3. The van der Waals surface area contributed by atoms with Gasteiger partial charge in [-0.15, -0.1) is 0 Å². The van der Waals surface area contributed by atoms with Gasteiger partial charge in [-0.05, 0) is 25.8 Å². The van der Waals surface area contributed by atoms with Gasteiger partial charge in [-0.2, -0.15) is 0 Å². The molecule has 0 amide bonds. The maximum Gasteiger partial charge on any atom is 0.0900 e. The highest BCUT2D eigenvalue weighted by Gasteiger charge is 2.25. The number of rotatable bonds is 5. The molecular formula is C14H28N2O2. The first-order chi connectivity index (χ1) is 8.65. The molecule has 1 heterocycles. The van der Waals surface area contributed by atoms with Crippen LogP contribution in [0.4, 0.5) is 0 Å². The summed E-state index contributed by atoms with van der Waals surface area (Å²) < 4.78 is 5.85. The van der Waals surface area contributed by atoms with Crippen LogP contribution in [-0.4, -0.2) is 73.5 Å². The average molecular weight is 256 g/mol. The lowest BCUT2D eigenvalue weighted by Gasteiger charge is -2.33. The van der Waals surface area contributed by atoms with Crippen molar-refractivity contribution in [1.82, 2.24) is 9.80 Å². The molecular weight excluding hydrogens is 228 g/mol. The lowest BCUT2D eigenvalue weighted by molar-refractivity contribution is -0.0349. The largest absolute Gasteiger partial charge is 0.389 e. The molecule has 3 atom stereocenters. The molecule has 4 heteroatoms. The summed E-state index contributed by atoms with van der Waals surface area (Å²) in [5.41, 5.74) is 0. The lowest BCUT2D eigenvalue weighted by atomic mass is 10.1. The highest BCUT2D eigenvalue weighted by Crippen LogP contribution is 2.27. The van der Waals surface area contributed by atoms with Gasteiger partial charge in [0.15, 0.2) is 0 Å². The summed E-state index contributed by atoms with van der Waals surface area (Å²) >= 11 is 0. The van der Waals surface area contributed by atoms with Crippen LogP contribution in [0, 0.1) is 5.92 Å². The predicted molar refractivity (Wildman–Crippen MR) is 72.7 cm³/mol. The highest BCUT2D eigenvalue weighted by molar-refractivity contribution is 4.76. The van der Waals surface area contributed by atoms with Crippen LogP contribution >= 0.6 is 0 Å². The van der Waals surface area contributed by atoms with E-state index in [1.807, 2.05) is 0 Å². The molecule has 0 bridgehead atoms. The van der Waals surface area contributed by atoms with Gasteiger partial charge in [0, 0.05) is 32.7 Å². The van der Waals surface area contributed by atoms with Crippen LogP contribution in [0.2, 0.25) is 0 Å². The van der Waals surface area contributed by atoms with Crippen LogP contribution in [0.25, 0.3) is 0 Å². The van der Waals surface area contributed by atoms with E-state index >= 15 is 0 Å². The fourth-order valence-electron chi connectivity index (χ4n) is 2.97. The van der Waals surface area contributed by atoms with Gasteiger partial charge < -0.3 is 14.7 Å². The maximum atomic E-state index is 10.0. The Morgan fingerprint density at radius 1 is 1.22 bits per heavy atom. The van der Waals surface area contributed by atoms with Gasteiger partial charge in [-0.25, -0.2) is 0 Å². The normalized spacial score (nSPS) is 32.8. The number of ether oxygens (including phenoxy) is 1. The molecule has 0 radical (unpaired) electrons. The second kappa shape index (κ2) is 6.85. The molecule has 1 N–H and O–H groups in total. The van der Waals surface area contributed by atoms with Crippen molar-refractivity contribution in [2.45, 2.75) is 38.4 Å². The summed E-state index contributed by atoms with van der Waals surface area (Å²) in [7, 11) is 2.15. The third kappa shape index (κ3) is 4.19. The van der Waals surface area contributed by atoms with Crippen molar-refractivity contribution in [3.63, 3.8) is 0 Å². The highest BCUT2D eigenvalue weighted by atomic mass is 16.5. The van der Waals surface area contributed by atoms with Crippen LogP contribution in [0.15, 0.2) is 0 Å². The molecule has 0 unspecified atom stereocenters. The minimum Gasteiger partial charge on any atom is -0.389 e. The van der Waals surface area contributed by atoms with Gasteiger partial charge in [-0.3, -0.25) is 4.90 Å². The molecule has 0 aromatic carbocycles. The Kier molecular flexibility index (Phi) is 5.42. The number of piperazine rings is 1. The first-order valence-corrected chi connectivity index (χ1v) is 7.35. The predicted octanol–water partition coefficient (Wildman–Crippen LogP) is 0.800. The summed E-state index contributed by atoms with van der Waals surface area (Å²) in [6.45, 7) is 7.85. The molecule has 106 valence electrons. The molecule has 18 heavy (non-hydrogen) atoms. The molecule has 2 fully saturated rings. The maximum absolute atomic E-state index is 10.0. The van der Waals surface area contributed by atoms with Crippen molar-refractivity contribution in [2.75, 3.05) is 46.4 Å². The third-order valence-electron chi connectivity index (χ3n) is 4.35. The minimum atomic E-state index is -0.332. The molecule has 0 aromatic heterocycles. The monoisotopic (exact) mass is 256 g/mol. The summed E-state index contributed by atoms with van der Waals surface area (Å²) in [6, 6.07) is 0. The van der Waals surface area contributed by atoms with Crippen LogP contribution in [-0.2, 0) is 4.74 Å². The SMILES string of the molecule is C[C@@H]1CCC[C@H]1OC[C@H](O)CN1CCN(C)CC1. The zero-order chi connectivity index (χ0) is 13.0. The van der Waals surface area contributed by atoms with Gasteiger partial charge in [0.1, 0.15) is 0 Å². The van der Waals surface area contributed by atoms with Gasteiger partial charge in [0.25, 0.3) is 0 Å². The summed E-state index contributed by atoms with van der Waals surface area (Å²) in [5, 5.41) is 10.0. The summed E-state index contributed by atoms with van der Waals surface area (Å²) in [6.07, 6.45) is 3.77. The fourth-order valence-corrected chi connectivity index (χ4v) is 2.97. The number of hydrogen-bond donors (Lipinski definition) is 1. The number of hydrogen-bond acceptors (Lipinski definition) is 4. The van der Waals surface area contributed by atoms with Crippen LogP contribution in [0.5, 0.6) is 0 Å². The van der Waals surface area contributed by atoms with Crippen molar-refractivity contribution in [3.05, 3.63) is 0 Å². The second-order valence-electron chi connectivity index (χ2n) is 6.04. The Morgan fingerprint density at radius 3 is 2.56 bits per heavy atom. The van der Waals surface area contributed by atoms with Gasteiger partial charge >= 0.3 is 0 Å². The molecule has 1 aliphatic carbocycles. The van der Waals surface area contributed by atoms with Crippen molar-refractivity contribution in [2.24, 2.45) is 5.92 Å². The number of nitrogens with zero attached hydrogens (tertiary/aromatic N) is 2. The van der Waals surface area contributed by atoms with E-state index in [9.17, 15) is 5.11 Å². The molecule has 0 aromatic rings. The van der Waals surface area contributed by atoms with Crippen molar-refractivity contribution in [1.29, 1.82) is 0 Å². The average Bonchev–Trinajstić information content (AvgIpc) is 2.75. The van der Waals surface area contributed by atoms with Crippen molar-refractivity contribution >= 4 is 0 Å². The Bertz CT molecular complexity index is 242. The van der Waals surface area contributed by atoms with E-state index < -0.39 is 0 Å². The Hall–Kier alpha value is -0.160. The van der Waals surface area contributed by atoms with Crippen LogP contribution < -0.4 is 0 Å². The standard InChI is InChI=1S/C14H28N2O2/c1-12-4-3-5-14(12)18-11-13(17)10-16-8-6-15(2)7-9-16/h12-14,17H,3-11H2,1-2H3/t12-,13-,14-/m1/s1. The number of likely N-dealkylation sites (N-methyl/N-ethyl adjacent to an activating group) is 1. The number of aliphatic hydroxyl groups excluding tert-OH is 1. The fraction of sp³-hybridized carbons (Fsp3) is 1.00.